The van der Waals surface area contributed by atoms with Gasteiger partial charge in [0.1, 0.15) is 5.69 Å². The van der Waals surface area contributed by atoms with Crippen LogP contribution in [0, 0.1) is 0 Å². The number of ether oxygens (including phenoxy) is 1. The molecule has 19 heavy (non-hydrogen) atoms. The summed E-state index contributed by atoms with van der Waals surface area (Å²) in [7, 11) is 0.727. The maximum atomic E-state index is 12.9. The number of rotatable bonds is 2. The number of methoxy groups -OCH3 is 1. The molecule has 1 heterocycles. The van der Waals surface area contributed by atoms with Gasteiger partial charge in [-0.25, -0.2) is 0 Å². The minimum atomic E-state index is -6.09. The molecule has 1 aromatic heterocycles. The summed E-state index contributed by atoms with van der Waals surface area (Å²) in [5, 5.41) is 0. The molecule has 0 saturated heterocycles. The second-order valence-corrected chi connectivity index (χ2v) is 3.20. The molecule has 0 aliphatic rings. The van der Waals surface area contributed by atoms with Crippen LogP contribution >= 0.6 is 0 Å². The Morgan fingerprint density at radius 3 is 1.74 bits per heavy atom. The van der Waals surface area contributed by atoms with Crippen LogP contribution in [0.1, 0.15) is 11.4 Å². The van der Waals surface area contributed by atoms with Crippen LogP contribution in [-0.4, -0.2) is 23.3 Å². The lowest BCUT2D eigenvalue weighted by Crippen LogP contribution is -2.35. The molecular weight excluding hydrogens is 292 g/mol. The summed E-state index contributed by atoms with van der Waals surface area (Å²) < 4.78 is 103. The van der Waals surface area contributed by atoms with E-state index in [9.17, 15) is 35.1 Å². The van der Waals surface area contributed by atoms with E-state index in [0.717, 1.165) is 7.11 Å². The normalized spacial score (nSPS) is 13.5. The summed E-state index contributed by atoms with van der Waals surface area (Å²) in [6, 6.07) is -1.72. The summed E-state index contributed by atoms with van der Waals surface area (Å²) in [5.74, 6) is -5.55. The first-order valence-electron chi connectivity index (χ1n) is 4.35. The first-order valence-corrected chi connectivity index (χ1v) is 4.35. The van der Waals surface area contributed by atoms with Crippen LogP contribution in [0.3, 0.4) is 0 Å². The lowest BCUT2D eigenvalue weighted by Gasteiger charge is -2.20. The van der Waals surface area contributed by atoms with Crippen LogP contribution in [0.4, 0.5) is 35.1 Å². The van der Waals surface area contributed by atoms with Gasteiger partial charge in [0.2, 0.25) is 0 Å². The fourth-order valence-corrected chi connectivity index (χ4v) is 0.968. The number of nitrogens with zero attached hydrogens (tertiary/aromatic N) is 2. The Labute approximate surface area is 99.8 Å². The number of aromatic nitrogens is 2. The first-order chi connectivity index (χ1) is 8.39. The highest BCUT2D eigenvalue weighted by Gasteiger charge is 2.60. The molecule has 0 atom stereocenters. The molecule has 0 bridgehead atoms. The van der Waals surface area contributed by atoms with E-state index in [2.05, 4.69) is 14.7 Å². The van der Waals surface area contributed by atoms with Gasteiger partial charge in [0.05, 0.1) is 7.11 Å². The molecule has 0 aliphatic carbocycles. The summed E-state index contributed by atoms with van der Waals surface area (Å²) in [6.07, 6.45) is -11.3. The van der Waals surface area contributed by atoms with Gasteiger partial charge in [0.25, 0.3) is 0 Å². The fraction of sp³-hybridized carbons (Fsp3) is 0.500. The smallest absolute Gasteiger partial charge is 0.459 e. The number of hydrogen-bond donors (Lipinski definition) is 0. The third-order valence-corrected chi connectivity index (χ3v) is 1.86. The van der Waals surface area contributed by atoms with Crippen molar-refractivity contribution in [1.29, 1.82) is 0 Å². The molecule has 1 rings (SSSR count). The van der Waals surface area contributed by atoms with E-state index < -0.39 is 41.7 Å². The molecule has 0 radical (unpaired) electrons. The number of hydrogen-bond acceptors (Lipinski definition) is 3. The van der Waals surface area contributed by atoms with Gasteiger partial charge >= 0.3 is 24.3 Å². The predicted octanol–water partition coefficient (Wildman–Crippen LogP) is 3.16. The highest BCUT2D eigenvalue weighted by Crippen LogP contribution is 2.44. The van der Waals surface area contributed by atoms with Gasteiger partial charge in [-0.3, -0.25) is 0 Å². The summed E-state index contributed by atoms with van der Waals surface area (Å²) >= 11 is 0. The average molecular weight is 296 g/mol. The number of alkyl halides is 8. The lowest BCUT2D eigenvalue weighted by atomic mass is 10.2. The molecule has 0 saturated carbocycles. The molecule has 108 valence electrons. The Morgan fingerprint density at radius 2 is 1.37 bits per heavy atom. The molecule has 0 aliphatic heterocycles. The van der Waals surface area contributed by atoms with E-state index in [1.54, 1.807) is 0 Å². The van der Waals surface area contributed by atoms with Gasteiger partial charge in [-0.15, -0.1) is 0 Å². The van der Waals surface area contributed by atoms with Crippen molar-refractivity contribution < 1.29 is 39.9 Å². The summed E-state index contributed by atoms with van der Waals surface area (Å²) in [5.41, 5.74) is -4.10. The second-order valence-electron chi connectivity index (χ2n) is 3.20. The van der Waals surface area contributed by atoms with Crippen molar-refractivity contribution >= 4 is 0 Å². The van der Waals surface area contributed by atoms with E-state index in [1.807, 2.05) is 0 Å². The molecule has 0 aromatic carbocycles. The van der Waals surface area contributed by atoms with Crippen molar-refractivity contribution in [2.45, 2.75) is 18.3 Å². The minimum absolute atomic E-state index is 0.476. The molecule has 11 heteroatoms. The molecule has 0 N–H and O–H groups in total. The molecule has 1 aromatic rings. The molecule has 3 nitrogen and oxygen atoms in total. The van der Waals surface area contributed by atoms with Crippen LogP contribution in [0.2, 0.25) is 0 Å². The Morgan fingerprint density at radius 1 is 0.895 bits per heavy atom. The first kappa shape index (κ1) is 15.4. The van der Waals surface area contributed by atoms with Crippen molar-refractivity contribution in [2.24, 2.45) is 0 Å². The summed E-state index contributed by atoms with van der Waals surface area (Å²) in [6.45, 7) is 0. The van der Waals surface area contributed by atoms with E-state index in [4.69, 9.17) is 0 Å². The Kier molecular flexibility index (Phi) is 3.61. The van der Waals surface area contributed by atoms with E-state index in [-0.39, 0.29) is 0 Å². The van der Waals surface area contributed by atoms with Gasteiger partial charge in [0, 0.05) is 0 Å². The number of halogens is 8. The van der Waals surface area contributed by atoms with Crippen molar-refractivity contribution in [1.82, 2.24) is 9.97 Å². The topological polar surface area (TPSA) is 35.0 Å². The van der Waals surface area contributed by atoms with Crippen molar-refractivity contribution in [2.75, 3.05) is 7.11 Å². The highest BCUT2D eigenvalue weighted by molar-refractivity contribution is 5.21. The standard InChI is InChI=1S/C8H4F8N2O/c1-19-5-17-3(6(9,10)8(14,15)16)2-4(18-5)7(11,12)13/h2H,1H3. The minimum Gasteiger partial charge on any atom is -0.467 e. The van der Waals surface area contributed by atoms with Crippen LogP contribution in [0.25, 0.3) is 0 Å². The highest BCUT2D eigenvalue weighted by atomic mass is 19.4. The van der Waals surface area contributed by atoms with Gasteiger partial charge in [-0.2, -0.15) is 45.1 Å². The third kappa shape index (κ3) is 3.01. The quantitative estimate of drug-likeness (QED) is 0.786. The fourth-order valence-electron chi connectivity index (χ4n) is 0.968. The average Bonchev–Trinajstić information content (AvgIpc) is 2.25. The molecule has 0 amide bonds. The van der Waals surface area contributed by atoms with Gasteiger partial charge in [-0.1, -0.05) is 0 Å². The maximum absolute atomic E-state index is 12.9. The maximum Gasteiger partial charge on any atom is 0.459 e. The summed E-state index contributed by atoms with van der Waals surface area (Å²) in [4.78, 5) is 5.26. The van der Waals surface area contributed by atoms with Crippen molar-refractivity contribution in [3.05, 3.63) is 17.5 Å². The van der Waals surface area contributed by atoms with Gasteiger partial charge in [0.15, 0.2) is 5.69 Å². The SMILES string of the molecule is COc1nc(C(F)(F)F)cc(C(F)(F)C(F)(F)F)n1. The van der Waals surface area contributed by atoms with Gasteiger partial charge in [-0.05, 0) is 6.07 Å². The third-order valence-electron chi connectivity index (χ3n) is 1.86. The molecule has 0 spiro atoms. The zero-order chi connectivity index (χ0) is 15.1. The van der Waals surface area contributed by atoms with E-state index in [0.29, 0.717) is 0 Å². The molecule has 0 unspecified atom stereocenters. The lowest BCUT2D eigenvalue weighted by molar-refractivity contribution is -0.291. The van der Waals surface area contributed by atoms with Crippen LogP contribution < -0.4 is 4.74 Å². The zero-order valence-corrected chi connectivity index (χ0v) is 8.90. The monoisotopic (exact) mass is 296 g/mol. The Bertz CT molecular complexity index is 467. The van der Waals surface area contributed by atoms with E-state index >= 15 is 0 Å². The Hall–Kier alpha value is -1.68. The predicted molar refractivity (Wildman–Crippen MR) is 43.5 cm³/mol. The second kappa shape index (κ2) is 4.46. The molecular formula is C8H4F8N2O. The molecule has 0 fully saturated rings. The largest absolute Gasteiger partial charge is 0.467 e. The zero-order valence-electron chi connectivity index (χ0n) is 8.90. The van der Waals surface area contributed by atoms with Crippen molar-refractivity contribution in [3.8, 4) is 6.01 Å². The van der Waals surface area contributed by atoms with Crippen LogP contribution in [0.5, 0.6) is 6.01 Å². The van der Waals surface area contributed by atoms with Crippen LogP contribution in [0.15, 0.2) is 6.07 Å². The van der Waals surface area contributed by atoms with Gasteiger partial charge < -0.3 is 4.74 Å². The van der Waals surface area contributed by atoms with E-state index in [1.165, 1.54) is 0 Å². The Balaban J connectivity index is 3.45. The van der Waals surface area contributed by atoms with Crippen LogP contribution in [-0.2, 0) is 12.1 Å². The van der Waals surface area contributed by atoms with Crippen molar-refractivity contribution in [3.63, 3.8) is 0 Å².